The van der Waals surface area contributed by atoms with Crippen molar-refractivity contribution in [1.82, 2.24) is 14.9 Å². The number of amides is 1. The first kappa shape index (κ1) is 20.8. The van der Waals surface area contributed by atoms with Gasteiger partial charge >= 0.3 is 0 Å². The monoisotopic (exact) mass is 425 g/mol. The van der Waals surface area contributed by atoms with Crippen molar-refractivity contribution < 1.29 is 27.1 Å². The van der Waals surface area contributed by atoms with Gasteiger partial charge in [-0.2, -0.15) is 0 Å². The van der Waals surface area contributed by atoms with E-state index in [-0.39, 0.29) is 17.1 Å². The molecule has 1 aromatic carbocycles. The fraction of sp³-hybridized carbons (Fsp3) is 0.263. The van der Waals surface area contributed by atoms with Gasteiger partial charge in [-0.15, -0.1) is 0 Å². The number of benzene rings is 1. The number of hydrogen-bond donors (Lipinski definition) is 1. The molecule has 6 nitrogen and oxygen atoms in total. The highest BCUT2D eigenvalue weighted by atomic mass is 32.2. The van der Waals surface area contributed by atoms with Gasteiger partial charge in [0.15, 0.2) is 22.5 Å². The topological polar surface area (TPSA) is 69.3 Å². The van der Waals surface area contributed by atoms with Crippen LogP contribution in [0.25, 0.3) is 0 Å². The number of alkyl halides is 2. The molecule has 3 aromatic rings. The number of nitrogens with one attached hydrogen (secondary N) is 1. The highest BCUT2D eigenvalue weighted by Crippen LogP contribution is 2.27. The average Bonchev–Trinajstić information content (AvgIpc) is 3.33. The molecule has 0 bridgehead atoms. The molecule has 0 fully saturated rings. The number of furan rings is 1. The van der Waals surface area contributed by atoms with Crippen LogP contribution in [0.3, 0.4) is 0 Å². The van der Waals surface area contributed by atoms with E-state index in [9.17, 15) is 18.0 Å². The second kappa shape index (κ2) is 9.08. The van der Waals surface area contributed by atoms with Crippen LogP contribution in [0.15, 0.2) is 52.3 Å². The number of aryl methyl sites for hydroxylation is 1. The van der Waals surface area contributed by atoms with Crippen LogP contribution in [-0.2, 0) is 12.8 Å². The Kier molecular flexibility index (Phi) is 6.53. The summed E-state index contributed by atoms with van der Waals surface area (Å²) >= 11 is 1.41. The zero-order valence-electron chi connectivity index (χ0n) is 15.6. The highest BCUT2D eigenvalue weighted by Gasteiger charge is 2.27. The highest BCUT2D eigenvalue weighted by molar-refractivity contribution is 7.98. The van der Waals surface area contributed by atoms with E-state index in [1.54, 1.807) is 18.5 Å². The molecule has 0 aliphatic rings. The fourth-order valence-electron chi connectivity index (χ4n) is 2.58. The van der Waals surface area contributed by atoms with Gasteiger partial charge in [0, 0.05) is 19.4 Å². The lowest BCUT2D eigenvalue weighted by atomic mass is 10.1. The third-order valence-electron chi connectivity index (χ3n) is 4.08. The lowest BCUT2D eigenvalue weighted by molar-refractivity contribution is 0.0721. The number of aromatic nitrogens is 2. The van der Waals surface area contributed by atoms with Crippen LogP contribution in [0.4, 0.5) is 13.2 Å². The Balaban J connectivity index is 1.68. The lowest BCUT2D eigenvalue weighted by Crippen LogP contribution is -2.32. The van der Waals surface area contributed by atoms with E-state index in [2.05, 4.69) is 10.3 Å². The van der Waals surface area contributed by atoms with Crippen LogP contribution in [-0.4, -0.2) is 29.0 Å². The summed E-state index contributed by atoms with van der Waals surface area (Å²) in [6.45, 7) is 0. The van der Waals surface area contributed by atoms with Gasteiger partial charge in [0.2, 0.25) is 0 Å². The van der Waals surface area contributed by atoms with Gasteiger partial charge in [0.05, 0.1) is 12.9 Å². The molecular formula is C19H18F3N3O3S. The van der Waals surface area contributed by atoms with E-state index < -0.39 is 24.2 Å². The van der Waals surface area contributed by atoms with Crippen LogP contribution in [0.2, 0.25) is 0 Å². The van der Waals surface area contributed by atoms with E-state index >= 15 is 0 Å². The number of carbonyl (C=O) groups excluding carboxylic acids is 1. The van der Waals surface area contributed by atoms with Crippen molar-refractivity contribution in [2.75, 3.05) is 7.11 Å². The Labute approximate surface area is 169 Å². The molecule has 0 saturated heterocycles. The summed E-state index contributed by atoms with van der Waals surface area (Å²) in [7, 11) is 3.12. The van der Waals surface area contributed by atoms with Crippen molar-refractivity contribution >= 4 is 17.7 Å². The van der Waals surface area contributed by atoms with E-state index in [0.29, 0.717) is 11.5 Å². The number of rotatable bonds is 8. The number of halogens is 3. The molecule has 0 unspecified atom stereocenters. The summed E-state index contributed by atoms with van der Waals surface area (Å²) in [6, 6.07) is 4.71. The molecule has 0 spiro atoms. The summed E-state index contributed by atoms with van der Waals surface area (Å²) in [4.78, 5) is 16.5. The van der Waals surface area contributed by atoms with Crippen molar-refractivity contribution in [3.05, 3.63) is 65.6 Å². The Morgan fingerprint density at radius 2 is 2.14 bits per heavy atom. The predicted molar refractivity (Wildman–Crippen MR) is 101 cm³/mol. The predicted octanol–water partition coefficient (Wildman–Crippen LogP) is 4.19. The summed E-state index contributed by atoms with van der Waals surface area (Å²) < 4.78 is 52.9. The lowest BCUT2D eigenvalue weighted by Gasteiger charge is -2.18. The van der Waals surface area contributed by atoms with Gasteiger partial charge in [-0.05, 0) is 29.8 Å². The molecule has 0 aliphatic carbocycles. The van der Waals surface area contributed by atoms with E-state index in [1.165, 1.54) is 37.1 Å². The number of carbonyl (C=O) groups is 1. The molecule has 154 valence electrons. The minimum Gasteiger partial charge on any atom is -0.494 e. The Morgan fingerprint density at radius 1 is 1.34 bits per heavy atom. The number of nitrogens with zero attached hydrogens (tertiary/aromatic N) is 2. The second-order valence-corrected chi connectivity index (χ2v) is 7.00. The molecule has 2 heterocycles. The standard InChI is InChI=1S/C19H18F3N3O3S/c1-25-8-7-23-19(25)29-10-12-4-6-15(28-12)18(26)24-16(17(21)22)11-3-5-14(27-2)13(20)9-11/h3-9,16-17H,10H2,1-2H3,(H,24,26)/t16-/m0/s1. The smallest absolute Gasteiger partial charge is 0.287 e. The molecule has 10 heteroatoms. The summed E-state index contributed by atoms with van der Waals surface area (Å²) in [6.07, 6.45) is 0.520. The number of ether oxygens (including phenoxy) is 1. The normalized spacial score (nSPS) is 12.2. The largest absolute Gasteiger partial charge is 0.494 e. The molecule has 2 aromatic heterocycles. The van der Waals surface area contributed by atoms with Gasteiger partial charge < -0.3 is 19.0 Å². The average molecular weight is 425 g/mol. The van der Waals surface area contributed by atoms with E-state index in [4.69, 9.17) is 9.15 Å². The third kappa shape index (κ3) is 4.94. The van der Waals surface area contributed by atoms with Gasteiger partial charge in [0.25, 0.3) is 12.3 Å². The minimum atomic E-state index is -2.94. The first-order chi connectivity index (χ1) is 13.9. The number of methoxy groups -OCH3 is 1. The van der Waals surface area contributed by atoms with Gasteiger partial charge in [-0.25, -0.2) is 18.2 Å². The van der Waals surface area contributed by atoms with Gasteiger partial charge in [-0.1, -0.05) is 17.8 Å². The molecular weight excluding hydrogens is 407 g/mol. The van der Waals surface area contributed by atoms with Crippen molar-refractivity contribution in [3.8, 4) is 5.75 Å². The number of hydrogen-bond acceptors (Lipinski definition) is 5. The maximum atomic E-state index is 13.9. The summed E-state index contributed by atoms with van der Waals surface area (Å²) in [5.41, 5.74) is -0.0798. The molecule has 0 saturated carbocycles. The molecule has 1 N–H and O–H groups in total. The molecule has 0 radical (unpaired) electrons. The molecule has 1 atom stereocenters. The second-order valence-electron chi connectivity index (χ2n) is 6.05. The summed E-state index contributed by atoms with van der Waals surface area (Å²) in [5, 5.41) is 2.96. The van der Waals surface area contributed by atoms with Gasteiger partial charge in [0.1, 0.15) is 11.8 Å². The van der Waals surface area contributed by atoms with Gasteiger partial charge in [-0.3, -0.25) is 4.79 Å². The van der Waals surface area contributed by atoms with Crippen LogP contribution in [0.1, 0.15) is 27.9 Å². The van der Waals surface area contributed by atoms with Crippen molar-refractivity contribution in [2.45, 2.75) is 23.4 Å². The first-order valence-electron chi connectivity index (χ1n) is 8.50. The summed E-state index contributed by atoms with van der Waals surface area (Å²) in [5.74, 6) is -0.891. The van der Waals surface area contributed by atoms with Crippen LogP contribution in [0, 0.1) is 5.82 Å². The number of thioether (sulfide) groups is 1. The molecule has 3 rings (SSSR count). The van der Waals surface area contributed by atoms with Crippen molar-refractivity contribution in [1.29, 1.82) is 0 Å². The zero-order chi connectivity index (χ0) is 21.0. The maximum absolute atomic E-state index is 13.9. The van der Waals surface area contributed by atoms with Crippen LogP contribution < -0.4 is 10.1 Å². The van der Waals surface area contributed by atoms with E-state index in [1.807, 2.05) is 11.6 Å². The zero-order valence-corrected chi connectivity index (χ0v) is 16.4. The Morgan fingerprint density at radius 3 is 2.76 bits per heavy atom. The quantitative estimate of drug-likeness (QED) is 0.548. The third-order valence-corrected chi connectivity index (χ3v) is 5.16. The molecule has 1 amide bonds. The first-order valence-corrected chi connectivity index (χ1v) is 9.49. The van der Waals surface area contributed by atoms with Crippen molar-refractivity contribution in [3.63, 3.8) is 0 Å². The minimum absolute atomic E-state index is 0.0750. The molecule has 0 aliphatic heterocycles. The van der Waals surface area contributed by atoms with E-state index in [0.717, 1.165) is 11.2 Å². The molecule has 29 heavy (non-hydrogen) atoms. The Hall–Kier alpha value is -2.88. The maximum Gasteiger partial charge on any atom is 0.287 e. The SMILES string of the molecule is COc1ccc([C@H](NC(=O)c2ccc(CSc3nccn3C)o2)C(F)F)cc1F. The fourth-order valence-corrected chi connectivity index (χ4v) is 3.41. The van der Waals surface area contributed by atoms with Crippen LogP contribution in [0.5, 0.6) is 5.75 Å². The Bertz CT molecular complexity index is 990. The van der Waals surface area contributed by atoms with Crippen molar-refractivity contribution in [2.24, 2.45) is 7.05 Å². The number of imidazole rings is 1. The van der Waals surface area contributed by atoms with Crippen LogP contribution >= 0.6 is 11.8 Å².